The highest BCUT2D eigenvalue weighted by molar-refractivity contribution is 6.06. The van der Waals surface area contributed by atoms with E-state index in [0.717, 1.165) is 17.2 Å². The van der Waals surface area contributed by atoms with Crippen LogP contribution in [0.1, 0.15) is 17.3 Å². The van der Waals surface area contributed by atoms with Gasteiger partial charge in [-0.25, -0.2) is 13.3 Å². The molecule has 0 aliphatic rings. The molecule has 0 spiro atoms. The van der Waals surface area contributed by atoms with Crippen molar-refractivity contribution in [3.63, 3.8) is 0 Å². The summed E-state index contributed by atoms with van der Waals surface area (Å²) >= 11 is 0. The van der Waals surface area contributed by atoms with Crippen LogP contribution in [0.15, 0.2) is 96.4 Å². The van der Waals surface area contributed by atoms with Gasteiger partial charge in [-0.2, -0.15) is 10.2 Å². The molecule has 0 radical (unpaired) electrons. The number of pyridine rings is 1. The van der Waals surface area contributed by atoms with Gasteiger partial charge in [0, 0.05) is 54.6 Å². The van der Waals surface area contributed by atoms with Crippen molar-refractivity contribution in [1.82, 2.24) is 24.0 Å². The molecule has 12 heteroatoms. The van der Waals surface area contributed by atoms with Crippen molar-refractivity contribution in [2.75, 3.05) is 11.9 Å². The van der Waals surface area contributed by atoms with Gasteiger partial charge in [-0.1, -0.05) is 0 Å². The highest BCUT2D eigenvalue weighted by Crippen LogP contribution is 2.35. The third kappa shape index (κ3) is 5.33. The van der Waals surface area contributed by atoms with E-state index in [-0.39, 0.29) is 29.4 Å². The van der Waals surface area contributed by atoms with E-state index in [9.17, 15) is 14.0 Å². The van der Waals surface area contributed by atoms with Gasteiger partial charge >= 0.3 is 0 Å². The first-order valence-electron chi connectivity index (χ1n) is 13.2. The van der Waals surface area contributed by atoms with E-state index in [0.29, 0.717) is 17.0 Å². The molecule has 0 bridgehead atoms. The van der Waals surface area contributed by atoms with Gasteiger partial charge in [-0.3, -0.25) is 18.8 Å². The maximum absolute atomic E-state index is 15.3. The van der Waals surface area contributed by atoms with Crippen LogP contribution in [0.2, 0.25) is 0 Å². The van der Waals surface area contributed by atoms with Crippen LogP contribution >= 0.6 is 0 Å². The third-order valence-corrected chi connectivity index (χ3v) is 6.64. The van der Waals surface area contributed by atoms with E-state index in [1.807, 2.05) is 19.3 Å². The number of carbonyl (C=O) groups is 1. The number of halogens is 2. The van der Waals surface area contributed by atoms with E-state index in [1.165, 1.54) is 53.2 Å². The first-order chi connectivity index (χ1) is 20.8. The van der Waals surface area contributed by atoms with Gasteiger partial charge in [-0.05, 0) is 55.5 Å². The van der Waals surface area contributed by atoms with Crippen LogP contribution in [0.4, 0.5) is 14.5 Å². The van der Waals surface area contributed by atoms with Crippen LogP contribution in [0.3, 0.4) is 0 Å². The Hall–Kier alpha value is -5.78. The van der Waals surface area contributed by atoms with Gasteiger partial charge in [0.05, 0.1) is 24.7 Å². The molecule has 0 fully saturated rings. The predicted molar refractivity (Wildman–Crippen MR) is 155 cm³/mol. The third-order valence-electron chi connectivity index (χ3n) is 6.64. The number of anilines is 1. The molecule has 4 heterocycles. The lowest BCUT2D eigenvalue weighted by Crippen LogP contribution is -2.29. The molecular formula is C31H24F2N6O4. The number of hydrogen-bond donors (Lipinski definition) is 1. The maximum atomic E-state index is 15.3. The zero-order valence-electron chi connectivity index (χ0n) is 23.0. The number of carbonyl (C=O) groups excluding carboxylic acids is 1. The predicted octanol–water partition coefficient (Wildman–Crippen LogP) is 5.61. The Labute approximate surface area is 243 Å². The lowest BCUT2D eigenvalue weighted by molar-refractivity contribution is 0.102. The highest BCUT2D eigenvalue weighted by Gasteiger charge is 2.22. The minimum atomic E-state index is -0.873. The van der Waals surface area contributed by atoms with E-state index < -0.39 is 23.1 Å². The van der Waals surface area contributed by atoms with Gasteiger partial charge in [-0.15, -0.1) is 0 Å². The van der Waals surface area contributed by atoms with Gasteiger partial charge in [0.15, 0.2) is 5.75 Å². The number of aryl methyl sites for hydroxylation is 1. The Morgan fingerprint density at radius 3 is 2.51 bits per heavy atom. The van der Waals surface area contributed by atoms with Crippen molar-refractivity contribution >= 4 is 17.1 Å². The van der Waals surface area contributed by atoms with Gasteiger partial charge in [0.25, 0.3) is 11.5 Å². The number of rotatable bonds is 8. The number of benzene rings is 2. The Kier molecular flexibility index (Phi) is 7.16. The van der Waals surface area contributed by atoms with E-state index in [1.54, 1.807) is 40.8 Å². The summed E-state index contributed by atoms with van der Waals surface area (Å²) in [5.41, 5.74) is 1.49. The smallest absolute Gasteiger partial charge is 0.271 e. The fourth-order valence-electron chi connectivity index (χ4n) is 4.67. The number of nitrogens with zero attached hydrogens (tertiary/aromatic N) is 5. The second kappa shape index (κ2) is 11.2. The second-order valence-corrected chi connectivity index (χ2v) is 9.46. The van der Waals surface area contributed by atoms with Crippen molar-refractivity contribution in [2.24, 2.45) is 7.05 Å². The molecule has 4 aromatic heterocycles. The van der Waals surface area contributed by atoms with Crippen LogP contribution in [-0.2, 0) is 7.05 Å². The topological polar surface area (TPSA) is 105 Å². The summed E-state index contributed by atoms with van der Waals surface area (Å²) in [6.07, 6.45) is 8.36. The molecule has 0 aliphatic heterocycles. The zero-order chi connectivity index (χ0) is 30.1. The van der Waals surface area contributed by atoms with Gasteiger partial charge in [0.2, 0.25) is 0 Å². The first kappa shape index (κ1) is 27.4. The number of nitrogens with one attached hydrogen (secondary N) is 1. The van der Waals surface area contributed by atoms with E-state index in [4.69, 9.17) is 9.47 Å². The van der Waals surface area contributed by atoms with Crippen molar-refractivity contribution in [2.45, 2.75) is 6.92 Å². The second-order valence-electron chi connectivity index (χ2n) is 9.46. The minimum Gasteiger partial charge on any atom is -0.493 e. The van der Waals surface area contributed by atoms with Crippen molar-refractivity contribution in [3.8, 4) is 34.1 Å². The zero-order valence-corrected chi connectivity index (χ0v) is 23.0. The summed E-state index contributed by atoms with van der Waals surface area (Å²) in [7, 11) is 1.82. The average molecular weight is 583 g/mol. The monoisotopic (exact) mass is 582 g/mol. The number of fused-ring (bicyclic) bond motifs is 1. The lowest BCUT2D eigenvalue weighted by Gasteiger charge is -2.14. The molecule has 10 nitrogen and oxygen atoms in total. The molecule has 2 aromatic carbocycles. The number of ether oxygens (including phenoxy) is 2. The average Bonchev–Trinajstić information content (AvgIpc) is 3.62. The van der Waals surface area contributed by atoms with E-state index in [2.05, 4.69) is 15.5 Å². The minimum absolute atomic E-state index is 0.0297. The Morgan fingerprint density at radius 2 is 1.79 bits per heavy atom. The van der Waals surface area contributed by atoms with Crippen molar-refractivity contribution in [3.05, 3.63) is 119 Å². The number of hydrogen-bond acceptors (Lipinski definition) is 6. The Balaban J connectivity index is 1.29. The molecule has 0 aliphatic carbocycles. The SMILES string of the molecule is CCOc1ccn(-c2ccc(F)cc2)c(=O)c1C(=O)Nc1ccc(Oc2ccnn3ccc(-c4cnn(C)c4)c23)cc1F. The molecule has 43 heavy (non-hydrogen) atoms. The molecular weight excluding hydrogens is 558 g/mol. The molecule has 6 rings (SSSR count). The standard InChI is InChI=1S/C31H24F2N6O4/c1-3-42-26-12-14-38(21-6-4-20(32)5-7-21)31(41)28(26)30(40)36-25-9-8-22(16-24(25)33)43-27-10-13-34-39-15-11-23(29(27)39)19-17-35-37(2)18-19/h4-18H,3H2,1-2H3,(H,36,40). The summed E-state index contributed by atoms with van der Waals surface area (Å²) < 4.78 is 44.8. The van der Waals surface area contributed by atoms with Crippen molar-refractivity contribution in [1.29, 1.82) is 0 Å². The number of aromatic nitrogens is 5. The quantitative estimate of drug-likeness (QED) is 0.250. The number of amides is 1. The largest absolute Gasteiger partial charge is 0.493 e. The maximum Gasteiger partial charge on any atom is 0.271 e. The van der Waals surface area contributed by atoms with E-state index >= 15 is 4.39 Å². The molecule has 0 unspecified atom stereocenters. The molecule has 0 atom stereocenters. The molecule has 0 saturated carbocycles. The van der Waals surface area contributed by atoms with Crippen LogP contribution < -0.4 is 20.3 Å². The van der Waals surface area contributed by atoms with Gasteiger partial charge < -0.3 is 14.8 Å². The van der Waals surface area contributed by atoms with Gasteiger partial charge in [0.1, 0.15) is 34.2 Å². The van der Waals surface area contributed by atoms with Crippen LogP contribution in [0.5, 0.6) is 17.2 Å². The van der Waals surface area contributed by atoms with Crippen molar-refractivity contribution < 1.29 is 23.0 Å². The summed E-state index contributed by atoms with van der Waals surface area (Å²) in [4.78, 5) is 26.7. The fourth-order valence-corrected chi connectivity index (χ4v) is 4.67. The normalized spacial score (nSPS) is 11.1. The Morgan fingerprint density at radius 1 is 0.977 bits per heavy atom. The first-order valence-corrected chi connectivity index (χ1v) is 13.2. The molecule has 0 saturated heterocycles. The fraction of sp³-hybridized carbons (Fsp3) is 0.0968. The summed E-state index contributed by atoms with van der Waals surface area (Å²) in [5.74, 6) is -1.49. The molecule has 6 aromatic rings. The molecule has 1 amide bonds. The lowest BCUT2D eigenvalue weighted by atomic mass is 10.1. The van der Waals surface area contributed by atoms with Crippen LogP contribution in [0.25, 0.3) is 22.3 Å². The van der Waals surface area contributed by atoms with Crippen LogP contribution in [-0.4, -0.2) is 36.5 Å². The van der Waals surface area contributed by atoms with Crippen LogP contribution in [0, 0.1) is 11.6 Å². The summed E-state index contributed by atoms with van der Waals surface area (Å²) in [5, 5.41) is 11.0. The summed E-state index contributed by atoms with van der Waals surface area (Å²) in [6.45, 7) is 1.89. The molecule has 216 valence electrons. The molecule has 1 N–H and O–H groups in total. The highest BCUT2D eigenvalue weighted by atomic mass is 19.1. The Bertz CT molecular complexity index is 2030. The summed E-state index contributed by atoms with van der Waals surface area (Å²) in [6, 6.07) is 14.2.